The van der Waals surface area contributed by atoms with Crippen molar-refractivity contribution in [3.8, 4) is 5.69 Å². The fourth-order valence-electron chi connectivity index (χ4n) is 3.41. The molecular weight excluding hydrogens is 412 g/mol. The van der Waals surface area contributed by atoms with E-state index in [2.05, 4.69) is 10.3 Å². The predicted molar refractivity (Wildman–Crippen MR) is 116 cm³/mol. The molecule has 1 aliphatic rings. The average Bonchev–Trinajstić information content (AvgIpc) is 3.37. The van der Waals surface area contributed by atoms with E-state index in [1.165, 1.54) is 30.6 Å². The van der Waals surface area contributed by atoms with Gasteiger partial charge in [-0.2, -0.15) is 0 Å². The van der Waals surface area contributed by atoms with Crippen LogP contribution in [0.25, 0.3) is 5.69 Å². The van der Waals surface area contributed by atoms with Crippen LogP contribution in [0.3, 0.4) is 0 Å². The first-order chi connectivity index (χ1) is 15.5. The Balaban J connectivity index is 1.62. The highest BCUT2D eigenvalue weighted by Gasteiger charge is 2.30. The first kappa shape index (κ1) is 21.0. The summed E-state index contributed by atoms with van der Waals surface area (Å²) < 4.78 is 6.65. The van der Waals surface area contributed by atoms with Crippen LogP contribution in [0.2, 0.25) is 0 Å². The summed E-state index contributed by atoms with van der Waals surface area (Å²) >= 11 is 0. The maximum Gasteiger partial charge on any atom is 0.360 e. The maximum absolute atomic E-state index is 12.9. The van der Waals surface area contributed by atoms with E-state index >= 15 is 0 Å². The molecule has 1 N–H and O–H groups in total. The molecule has 2 aromatic carbocycles. The SMILES string of the molecule is CCOC(=O)c1ncn(-c2ccccc2)c1NC(=O)c1ccc(N2C(=O)CCC2=O)cc1. The van der Waals surface area contributed by atoms with E-state index in [0.29, 0.717) is 11.4 Å². The Morgan fingerprint density at radius 1 is 0.969 bits per heavy atom. The van der Waals surface area contributed by atoms with Gasteiger partial charge in [-0.15, -0.1) is 0 Å². The second-order valence-electron chi connectivity index (χ2n) is 6.99. The van der Waals surface area contributed by atoms with Crippen LogP contribution in [-0.4, -0.2) is 39.8 Å². The zero-order valence-corrected chi connectivity index (χ0v) is 17.3. The van der Waals surface area contributed by atoms with Gasteiger partial charge in [-0.05, 0) is 43.3 Å². The number of hydrogen-bond donors (Lipinski definition) is 1. The van der Waals surface area contributed by atoms with Gasteiger partial charge in [0.1, 0.15) is 6.33 Å². The van der Waals surface area contributed by atoms with Gasteiger partial charge < -0.3 is 10.1 Å². The molecule has 3 aromatic rings. The van der Waals surface area contributed by atoms with Crippen LogP contribution in [-0.2, 0) is 14.3 Å². The van der Waals surface area contributed by atoms with Crippen molar-refractivity contribution in [2.75, 3.05) is 16.8 Å². The summed E-state index contributed by atoms with van der Waals surface area (Å²) in [6.07, 6.45) is 1.80. The summed E-state index contributed by atoms with van der Waals surface area (Å²) in [6.45, 7) is 1.85. The minimum atomic E-state index is -0.654. The predicted octanol–water partition coefficient (Wildman–Crippen LogP) is 2.95. The summed E-state index contributed by atoms with van der Waals surface area (Å²) in [6, 6.07) is 15.2. The van der Waals surface area contributed by atoms with Crippen molar-refractivity contribution in [2.45, 2.75) is 19.8 Å². The lowest BCUT2D eigenvalue weighted by Crippen LogP contribution is -2.28. The van der Waals surface area contributed by atoms with Crippen molar-refractivity contribution in [1.29, 1.82) is 0 Å². The van der Waals surface area contributed by atoms with E-state index in [-0.39, 0.29) is 48.3 Å². The lowest BCUT2D eigenvalue weighted by molar-refractivity contribution is -0.121. The molecule has 9 heteroatoms. The fraction of sp³-hybridized carbons (Fsp3) is 0.174. The number of aromatic nitrogens is 2. The molecule has 0 aliphatic carbocycles. The van der Waals surface area contributed by atoms with Gasteiger partial charge in [-0.25, -0.2) is 9.78 Å². The van der Waals surface area contributed by atoms with Crippen molar-refractivity contribution >= 4 is 35.2 Å². The molecule has 162 valence electrons. The number of imide groups is 1. The minimum Gasteiger partial charge on any atom is -0.461 e. The zero-order chi connectivity index (χ0) is 22.7. The summed E-state index contributed by atoms with van der Waals surface area (Å²) in [5.74, 6) is -1.50. The number of esters is 1. The van der Waals surface area contributed by atoms with E-state index in [1.807, 2.05) is 30.3 Å². The number of carbonyl (C=O) groups excluding carboxylic acids is 4. The second-order valence-corrected chi connectivity index (χ2v) is 6.99. The Hall–Kier alpha value is -4.27. The summed E-state index contributed by atoms with van der Waals surface area (Å²) in [5.41, 5.74) is 1.38. The molecule has 9 nitrogen and oxygen atoms in total. The Morgan fingerprint density at radius 3 is 2.25 bits per heavy atom. The first-order valence-corrected chi connectivity index (χ1v) is 10.1. The van der Waals surface area contributed by atoms with E-state index in [1.54, 1.807) is 11.5 Å². The van der Waals surface area contributed by atoms with Crippen molar-refractivity contribution < 1.29 is 23.9 Å². The largest absolute Gasteiger partial charge is 0.461 e. The van der Waals surface area contributed by atoms with Crippen LogP contribution in [0.4, 0.5) is 11.5 Å². The van der Waals surface area contributed by atoms with Crippen LogP contribution in [0.15, 0.2) is 60.9 Å². The molecule has 0 saturated carbocycles. The molecule has 1 aliphatic heterocycles. The van der Waals surface area contributed by atoms with Gasteiger partial charge in [0.25, 0.3) is 5.91 Å². The Bertz CT molecular complexity index is 1170. The third-order valence-electron chi connectivity index (χ3n) is 4.94. The average molecular weight is 432 g/mol. The topological polar surface area (TPSA) is 111 Å². The normalized spacial score (nSPS) is 13.3. The van der Waals surface area contributed by atoms with E-state index in [4.69, 9.17) is 4.74 Å². The number of nitrogens with one attached hydrogen (secondary N) is 1. The number of nitrogens with zero attached hydrogens (tertiary/aromatic N) is 3. The molecule has 1 saturated heterocycles. The van der Waals surface area contributed by atoms with Gasteiger partial charge >= 0.3 is 5.97 Å². The molecule has 1 aromatic heterocycles. The van der Waals surface area contributed by atoms with Gasteiger partial charge in [0.15, 0.2) is 11.5 Å². The van der Waals surface area contributed by atoms with Gasteiger partial charge in [0, 0.05) is 24.1 Å². The summed E-state index contributed by atoms with van der Waals surface area (Å²) in [5, 5.41) is 2.73. The lowest BCUT2D eigenvalue weighted by atomic mass is 10.2. The van der Waals surface area contributed by atoms with E-state index in [0.717, 1.165) is 4.90 Å². The molecule has 0 atom stereocenters. The Morgan fingerprint density at radius 2 is 1.62 bits per heavy atom. The van der Waals surface area contributed by atoms with Crippen LogP contribution in [0, 0.1) is 0 Å². The Labute approximate surface area is 183 Å². The molecule has 1 fully saturated rings. The van der Waals surface area contributed by atoms with Gasteiger partial charge in [-0.3, -0.25) is 23.9 Å². The molecule has 0 spiro atoms. The van der Waals surface area contributed by atoms with Crippen molar-refractivity contribution in [1.82, 2.24) is 9.55 Å². The second kappa shape index (κ2) is 8.84. The minimum absolute atomic E-state index is 0.0195. The fourth-order valence-corrected chi connectivity index (χ4v) is 3.41. The molecule has 0 bridgehead atoms. The molecule has 0 radical (unpaired) electrons. The van der Waals surface area contributed by atoms with Crippen LogP contribution in [0.1, 0.15) is 40.6 Å². The van der Waals surface area contributed by atoms with Crippen LogP contribution < -0.4 is 10.2 Å². The summed E-state index contributed by atoms with van der Waals surface area (Å²) in [7, 11) is 0. The number of para-hydroxylation sites is 1. The van der Waals surface area contributed by atoms with Gasteiger partial charge in [0.05, 0.1) is 12.3 Å². The van der Waals surface area contributed by atoms with E-state index < -0.39 is 11.9 Å². The highest BCUT2D eigenvalue weighted by Crippen LogP contribution is 2.25. The third kappa shape index (κ3) is 4.00. The zero-order valence-electron chi connectivity index (χ0n) is 17.3. The van der Waals surface area contributed by atoms with Crippen LogP contribution in [0.5, 0.6) is 0 Å². The quantitative estimate of drug-likeness (QED) is 0.474. The number of hydrogen-bond acceptors (Lipinski definition) is 6. The summed E-state index contributed by atoms with van der Waals surface area (Å²) in [4.78, 5) is 54.4. The Kier molecular flexibility index (Phi) is 5.80. The van der Waals surface area contributed by atoms with Gasteiger partial charge in [0.2, 0.25) is 11.8 Å². The standard InChI is InChI=1S/C23H20N4O5/c1-2-32-23(31)20-21(26(14-24-20)16-6-4-3-5-7-16)25-22(30)15-8-10-17(11-9-15)27-18(28)12-13-19(27)29/h3-11,14H,2,12-13H2,1H3,(H,25,30). The number of rotatable bonds is 6. The van der Waals surface area contributed by atoms with E-state index in [9.17, 15) is 19.2 Å². The number of anilines is 2. The van der Waals surface area contributed by atoms with Crippen LogP contribution >= 0.6 is 0 Å². The third-order valence-corrected chi connectivity index (χ3v) is 4.94. The van der Waals surface area contributed by atoms with Crippen molar-refractivity contribution in [2.24, 2.45) is 0 Å². The highest BCUT2D eigenvalue weighted by molar-refractivity contribution is 6.20. The molecule has 32 heavy (non-hydrogen) atoms. The molecule has 0 unspecified atom stereocenters. The molecule has 4 rings (SSSR count). The number of ether oxygens (including phenoxy) is 1. The number of carbonyl (C=O) groups is 4. The highest BCUT2D eigenvalue weighted by atomic mass is 16.5. The molecular formula is C23H20N4O5. The van der Waals surface area contributed by atoms with Crippen molar-refractivity contribution in [3.05, 3.63) is 72.2 Å². The smallest absolute Gasteiger partial charge is 0.360 e. The maximum atomic E-state index is 12.9. The molecule has 2 heterocycles. The first-order valence-electron chi connectivity index (χ1n) is 10.1. The number of benzene rings is 2. The molecule has 3 amide bonds. The monoisotopic (exact) mass is 432 g/mol. The lowest BCUT2D eigenvalue weighted by Gasteiger charge is -2.14. The number of imidazole rings is 1. The van der Waals surface area contributed by atoms with Gasteiger partial charge in [-0.1, -0.05) is 18.2 Å². The van der Waals surface area contributed by atoms with Crippen molar-refractivity contribution in [3.63, 3.8) is 0 Å². The number of amides is 3.